The standard InChI is InChI=1S/C33H47BN4O10/c1-8-37-13-14-38(29(42)28(37)41)31(44)36-25(18(3)39)27(40)35-24(15-19-11-10-12-21(26(19)45-7)30(43)46-9-2)34-47-23-17-20-16-22(32(20,4)5)33(23,6)48-34/h10-12,18,20,22-25,39H,8-9,13-17H2,1-7H3,(H,35,40)(H,36,44)/t18-,20+,22+,23-,24+,25-,33+/m1/s1. The Bertz CT molecular complexity index is 1460. The van der Waals surface area contributed by atoms with Gasteiger partial charge in [-0.15, -0.1) is 0 Å². The number of piperazine rings is 1. The summed E-state index contributed by atoms with van der Waals surface area (Å²) < 4.78 is 24.1. The van der Waals surface area contributed by atoms with E-state index in [1.54, 1.807) is 32.0 Å². The lowest BCUT2D eigenvalue weighted by Gasteiger charge is -2.64. The number of ether oxygens (including phenoxy) is 2. The number of hydrogen-bond donors (Lipinski definition) is 3. The first-order chi connectivity index (χ1) is 22.7. The number of amides is 5. The summed E-state index contributed by atoms with van der Waals surface area (Å²) in [6, 6.07) is 2.57. The van der Waals surface area contributed by atoms with Gasteiger partial charge in [0.05, 0.1) is 37.5 Å². The molecular formula is C33H47BN4O10. The van der Waals surface area contributed by atoms with Crippen LogP contribution in [-0.4, -0.2) is 115 Å². The molecule has 6 rings (SSSR count). The molecule has 3 N–H and O–H groups in total. The summed E-state index contributed by atoms with van der Waals surface area (Å²) in [4.78, 5) is 66.9. The topological polar surface area (TPSA) is 173 Å². The number of hydrogen-bond acceptors (Lipinski definition) is 10. The fraction of sp³-hybridized carbons (Fsp3) is 0.667. The molecule has 0 aromatic heterocycles. The summed E-state index contributed by atoms with van der Waals surface area (Å²) in [5.41, 5.74) is 0.257. The third-order valence-corrected chi connectivity index (χ3v) is 10.8. The molecule has 5 fully saturated rings. The Morgan fingerprint density at radius 3 is 2.46 bits per heavy atom. The molecule has 15 heteroatoms. The number of nitrogens with one attached hydrogen (secondary N) is 2. The lowest BCUT2D eigenvalue weighted by Crippen LogP contribution is -2.65. The Kier molecular flexibility index (Phi) is 10.1. The van der Waals surface area contributed by atoms with Gasteiger partial charge in [-0.1, -0.05) is 26.0 Å². The van der Waals surface area contributed by atoms with Crippen molar-refractivity contribution in [3.8, 4) is 5.75 Å². The first kappa shape index (κ1) is 35.6. The van der Waals surface area contributed by atoms with Crippen molar-refractivity contribution < 1.29 is 47.9 Å². The van der Waals surface area contributed by atoms with Gasteiger partial charge in [-0.25, -0.2) is 9.59 Å². The van der Waals surface area contributed by atoms with Crippen LogP contribution in [0, 0.1) is 17.3 Å². The highest BCUT2D eigenvalue weighted by molar-refractivity contribution is 6.48. The second kappa shape index (κ2) is 13.7. The zero-order valence-corrected chi connectivity index (χ0v) is 28.7. The third-order valence-electron chi connectivity index (χ3n) is 10.8. The van der Waals surface area contributed by atoms with Crippen LogP contribution in [0.4, 0.5) is 4.79 Å². The number of imide groups is 1. The molecular weight excluding hydrogens is 623 g/mol. The second-order valence-corrected chi connectivity index (χ2v) is 13.9. The SMILES string of the molecule is CCOC(=O)c1cccc(C[C@H](NC(=O)[C@H](NC(=O)N2CCN(CC)C(=O)C2=O)[C@@H](C)O)B2O[C@@H]3C[C@@H]4C[C@@H](C4(C)C)[C@]3(C)O2)c1OC. The Morgan fingerprint density at radius 1 is 1.10 bits per heavy atom. The highest BCUT2D eigenvalue weighted by atomic mass is 16.7. The number of esters is 1. The zero-order valence-electron chi connectivity index (χ0n) is 28.7. The summed E-state index contributed by atoms with van der Waals surface area (Å²) in [5, 5.41) is 16.0. The van der Waals surface area contributed by atoms with Crippen LogP contribution in [0.3, 0.4) is 0 Å². The summed E-state index contributed by atoms with van der Waals surface area (Å²) in [5.74, 6) is -3.00. The van der Waals surface area contributed by atoms with E-state index in [1.807, 2.05) is 0 Å². The maximum Gasteiger partial charge on any atom is 0.482 e. The number of carbonyl (C=O) groups excluding carboxylic acids is 5. The molecule has 3 saturated carbocycles. The van der Waals surface area contributed by atoms with E-state index in [1.165, 1.54) is 18.9 Å². The second-order valence-electron chi connectivity index (χ2n) is 13.9. The highest BCUT2D eigenvalue weighted by Crippen LogP contribution is 2.65. The number of nitrogens with zero attached hydrogens (tertiary/aromatic N) is 2. The Balaban J connectivity index is 1.41. The number of para-hydroxylation sites is 1. The molecule has 1 aromatic carbocycles. The summed E-state index contributed by atoms with van der Waals surface area (Å²) >= 11 is 0. The maximum absolute atomic E-state index is 13.9. The zero-order chi connectivity index (χ0) is 35.1. The van der Waals surface area contributed by atoms with Crippen molar-refractivity contribution in [2.75, 3.05) is 33.4 Å². The van der Waals surface area contributed by atoms with E-state index in [9.17, 15) is 29.1 Å². The van der Waals surface area contributed by atoms with Gasteiger partial charge in [0, 0.05) is 19.6 Å². The average Bonchev–Trinajstić information content (AvgIpc) is 3.41. The van der Waals surface area contributed by atoms with Gasteiger partial charge >= 0.3 is 30.9 Å². The normalized spacial score (nSPS) is 27.8. The molecule has 5 amide bonds. The fourth-order valence-corrected chi connectivity index (χ4v) is 7.94. The van der Waals surface area contributed by atoms with Crippen molar-refractivity contribution in [2.24, 2.45) is 17.3 Å². The average molecular weight is 671 g/mol. The first-order valence-corrected chi connectivity index (χ1v) is 16.7. The van der Waals surface area contributed by atoms with E-state index >= 15 is 0 Å². The van der Waals surface area contributed by atoms with Gasteiger partial charge in [-0.05, 0) is 75.8 Å². The summed E-state index contributed by atoms with van der Waals surface area (Å²) in [6.45, 7) is 11.9. The van der Waals surface area contributed by atoms with Gasteiger partial charge in [0.25, 0.3) is 0 Å². The predicted octanol–water partition coefficient (Wildman–Crippen LogP) is 1.32. The summed E-state index contributed by atoms with van der Waals surface area (Å²) in [6.07, 6.45) is 0.344. The Hall–Kier alpha value is -3.69. The number of aliphatic hydroxyl groups excluding tert-OH is 1. The minimum atomic E-state index is -1.49. The van der Waals surface area contributed by atoms with Gasteiger partial charge in [0.2, 0.25) is 5.91 Å². The molecule has 3 aliphatic carbocycles. The lowest BCUT2D eigenvalue weighted by atomic mass is 9.43. The van der Waals surface area contributed by atoms with E-state index in [4.69, 9.17) is 18.8 Å². The van der Waals surface area contributed by atoms with Crippen molar-refractivity contribution in [3.63, 3.8) is 0 Å². The van der Waals surface area contributed by atoms with Crippen molar-refractivity contribution in [3.05, 3.63) is 29.3 Å². The van der Waals surface area contributed by atoms with E-state index in [-0.39, 0.29) is 54.9 Å². The predicted molar refractivity (Wildman–Crippen MR) is 173 cm³/mol. The van der Waals surface area contributed by atoms with Crippen molar-refractivity contribution in [1.29, 1.82) is 0 Å². The molecule has 2 heterocycles. The van der Waals surface area contributed by atoms with Gasteiger partial charge in [0.1, 0.15) is 17.4 Å². The van der Waals surface area contributed by atoms with Crippen LogP contribution in [0.2, 0.25) is 0 Å². The largest absolute Gasteiger partial charge is 0.496 e. The van der Waals surface area contributed by atoms with Gasteiger partial charge in [0.15, 0.2) is 0 Å². The van der Waals surface area contributed by atoms with Gasteiger partial charge < -0.3 is 39.4 Å². The molecule has 14 nitrogen and oxygen atoms in total. The lowest BCUT2D eigenvalue weighted by molar-refractivity contribution is -0.199. The molecule has 0 radical (unpaired) electrons. The molecule has 2 bridgehead atoms. The first-order valence-electron chi connectivity index (χ1n) is 16.7. The quantitative estimate of drug-likeness (QED) is 0.177. The number of methoxy groups -OCH3 is 1. The molecule has 262 valence electrons. The molecule has 5 aliphatic rings. The van der Waals surface area contributed by atoms with E-state index in [0.29, 0.717) is 18.0 Å². The number of urea groups is 1. The molecule has 48 heavy (non-hydrogen) atoms. The van der Waals surface area contributed by atoms with Crippen LogP contribution in [0.15, 0.2) is 18.2 Å². The number of likely N-dealkylation sites (N-methyl/N-ethyl adjacent to an activating group) is 1. The minimum absolute atomic E-state index is 0.0557. The monoisotopic (exact) mass is 670 g/mol. The number of aliphatic hydroxyl groups is 1. The number of benzene rings is 1. The van der Waals surface area contributed by atoms with Crippen molar-refractivity contribution in [1.82, 2.24) is 20.4 Å². The van der Waals surface area contributed by atoms with E-state index in [2.05, 4.69) is 31.4 Å². The van der Waals surface area contributed by atoms with Crippen LogP contribution < -0.4 is 15.4 Å². The van der Waals surface area contributed by atoms with Gasteiger partial charge in [-0.2, -0.15) is 0 Å². The molecule has 1 aromatic rings. The van der Waals surface area contributed by atoms with E-state index < -0.39 is 60.5 Å². The fourth-order valence-electron chi connectivity index (χ4n) is 7.94. The van der Waals surface area contributed by atoms with Crippen molar-refractivity contribution in [2.45, 2.75) is 90.6 Å². The van der Waals surface area contributed by atoms with Crippen LogP contribution in [-0.2, 0) is 34.9 Å². The molecule has 2 aliphatic heterocycles. The molecule has 7 atom stereocenters. The van der Waals surface area contributed by atoms with Crippen LogP contribution in [0.25, 0.3) is 0 Å². The third kappa shape index (κ3) is 6.27. The van der Waals surface area contributed by atoms with E-state index in [0.717, 1.165) is 17.7 Å². The number of rotatable bonds is 11. The number of carbonyl (C=O) groups is 5. The Labute approximate surface area is 281 Å². The Morgan fingerprint density at radius 2 is 1.83 bits per heavy atom. The van der Waals surface area contributed by atoms with Crippen LogP contribution in [0.5, 0.6) is 5.75 Å². The molecule has 0 spiro atoms. The van der Waals surface area contributed by atoms with Crippen LogP contribution in [0.1, 0.15) is 70.3 Å². The maximum atomic E-state index is 13.9. The smallest absolute Gasteiger partial charge is 0.482 e. The summed E-state index contributed by atoms with van der Waals surface area (Å²) in [7, 11) is 0.523. The van der Waals surface area contributed by atoms with Gasteiger partial charge in [-0.3, -0.25) is 19.3 Å². The molecule has 0 unspecified atom stereocenters. The minimum Gasteiger partial charge on any atom is -0.496 e. The van der Waals surface area contributed by atoms with Crippen LogP contribution >= 0.6 is 0 Å². The molecule has 2 saturated heterocycles. The highest BCUT2D eigenvalue weighted by Gasteiger charge is 2.68. The van der Waals surface area contributed by atoms with Crippen molar-refractivity contribution >= 4 is 36.8 Å².